The van der Waals surface area contributed by atoms with Crippen molar-refractivity contribution < 1.29 is 9.21 Å². The highest BCUT2D eigenvalue weighted by Gasteiger charge is 2.26. The van der Waals surface area contributed by atoms with Gasteiger partial charge in [-0.25, -0.2) is 0 Å². The number of ketones is 1. The first-order valence-electron chi connectivity index (χ1n) is 8.69. The molecule has 0 saturated carbocycles. The third-order valence-corrected chi connectivity index (χ3v) is 4.64. The Balaban J connectivity index is 1.71. The van der Waals surface area contributed by atoms with Gasteiger partial charge >= 0.3 is 0 Å². The second-order valence-electron chi connectivity index (χ2n) is 6.36. The van der Waals surface area contributed by atoms with Gasteiger partial charge in [0.2, 0.25) is 0 Å². The van der Waals surface area contributed by atoms with Gasteiger partial charge < -0.3 is 9.40 Å². The van der Waals surface area contributed by atoms with Crippen LogP contribution in [0.3, 0.4) is 0 Å². The molecule has 2 atom stereocenters. The SMILES string of the molecule is C[C@H](N[C@@H](C(=O)c1c[nH]c2ccccc12)c1ccccc1)c1ccco1. The van der Waals surface area contributed by atoms with Crippen LogP contribution in [0.5, 0.6) is 0 Å². The lowest BCUT2D eigenvalue weighted by Crippen LogP contribution is -2.30. The van der Waals surface area contributed by atoms with Crippen LogP contribution in [0.1, 0.15) is 40.7 Å². The maximum Gasteiger partial charge on any atom is 0.186 e. The Morgan fingerprint density at radius 3 is 2.54 bits per heavy atom. The summed E-state index contributed by atoms with van der Waals surface area (Å²) in [5.41, 5.74) is 2.58. The number of H-pyrrole nitrogens is 1. The van der Waals surface area contributed by atoms with Crippen molar-refractivity contribution in [2.24, 2.45) is 0 Å². The molecular formula is C22H20N2O2. The number of para-hydroxylation sites is 1. The minimum Gasteiger partial charge on any atom is -0.468 e. The van der Waals surface area contributed by atoms with Crippen LogP contribution in [0, 0.1) is 0 Å². The summed E-state index contributed by atoms with van der Waals surface area (Å²) in [7, 11) is 0. The van der Waals surface area contributed by atoms with Crippen LogP contribution >= 0.6 is 0 Å². The van der Waals surface area contributed by atoms with Crippen LogP contribution in [0.4, 0.5) is 0 Å². The topological polar surface area (TPSA) is 58.0 Å². The van der Waals surface area contributed by atoms with Crippen molar-refractivity contribution in [3.05, 3.63) is 96.1 Å². The maximum absolute atomic E-state index is 13.4. The molecular weight excluding hydrogens is 324 g/mol. The van der Waals surface area contributed by atoms with Crippen molar-refractivity contribution in [1.29, 1.82) is 0 Å². The lowest BCUT2D eigenvalue weighted by Gasteiger charge is -2.21. The van der Waals surface area contributed by atoms with Gasteiger partial charge in [-0.2, -0.15) is 0 Å². The van der Waals surface area contributed by atoms with Gasteiger partial charge in [-0.3, -0.25) is 10.1 Å². The quantitative estimate of drug-likeness (QED) is 0.482. The van der Waals surface area contributed by atoms with Gasteiger partial charge in [-0.15, -0.1) is 0 Å². The molecule has 0 aliphatic heterocycles. The molecule has 4 aromatic rings. The van der Waals surface area contributed by atoms with Crippen molar-refractivity contribution in [3.8, 4) is 0 Å². The van der Waals surface area contributed by atoms with Crippen molar-refractivity contribution in [3.63, 3.8) is 0 Å². The Hall–Kier alpha value is -3.11. The van der Waals surface area contributed by atoms with E-state index in [0.29, 0.717) is 5.56 Å². The minimum atomic E-state index is -0.462. The third kappa shape index (κ3) is 3.07. The standard InChI is InChI=1S/C22H20N2O2/c1-15(20-12-7-13-26-20)24-21(16-8-3-2-4-9-16)22(25)18-14-23-19-11-6-5-10-17(18)19/h2-15,21,23-24H,1H3/t15-,21+/m0/s1. The Kier molecular flexibility index (Phi) is 4.42. The van der Waals surface area contributed by atoms with E-state index in [-0.39, 0.29) is 11.8 Å². The highest BCUT2D eigenvalue weighted by atomic mass is 16.3. The van der Waals surface area contributed by atoms with Crippen molar-refractivity contribution in [2.75, 3.05) is 0 Å². The van der Waals surface area contributed by atoms with Crippen LogP contribution in [0.25, 0.3) is 10.9 Å². The molecule has 4 rings (SSSR count). The number of carbonyl (C=O) groups is 1. The molecule has 2 aromatic heterocycles. The molecule has 0 aliphatic carbocycles. The van der Waals surface area contributed by atoms with Gasteiger partial charge in [-0.1, -0.05) is 48.5 Å². The van der Waals surface area contributed by atoms with Crippen LogP contribution in [0.15, 0.2) is 83.6 Å². The molecule has 0 spiro atoms. The van der Waals surface area contributed by atoms with E-state index in [2.05, 4.69) is 10.3 Å². The van der Waals surface area contributed by atoms with Gasteiger partial charge in [0.15, 0.2) is 5.78 Å². The zero-order chi connectivity index (χ0) is 17.9. The Bertz CT molecular complexity index is 1000. The highest BCUT2D eigenvalue weighted by molar-refractivity contribution is 6.10. The number of nitrogens with one attached hydrogen (secondary N) is 2. The highest BCUT2D eigenvalue weighted by Crippen LogP contribution is 2.27. The van der Waals surface area contributed by atoms with Crippen LogP contribution < -0.4 is 5.32 Å². The molecule has 0 fully saturated rings. The normalized spacial score (nSPS) is 13.6. The minimum absolute atomic E-state index is 0.0343. The van der Waals surface area contributed by atoms with E-state index in [4.69, 9.17) is 4.42 Å². The van der Waals surface area contributed by atoms with E-state index >= 15 is 0 Å². The number of rotatable bonds is 6. The summed E-state index contributed by atoms with van der Waals surface area (Å²) in [5, 5.41) is 4.37. The number of furan rings is 1. The summed E-state index contributed by atoms with van der Waals surface area (Å²) >= 11 is 0. The number of aromatic nitrogens is 1. The molecule has 26 heavy (non-hydrogen) atoms. The van der Waals surface area contributed by atoms with Crippen molar-refractivity contribution >= 4 is 16.7 Å². The Morgan fingerprint density at radius 1 is 1.00 bits per heavy atom. The van der Waals surface area contributed by atoms with Gasteiger partial charge in [0.25, 0.3) is 0 Å². The molecule has 0 aliphatic rings. The lowest BCUT2D eigenvalue weighted by molar-refractivity contribution is 0.0936. The summed E-state index contributed by atoms with van der Waals surface area (Å²) in [6, 6.07) is 20.9. The number of aromatic amines is 1. The molecule has 4 heteroatoms. The zero-order valence-corrected chi connectivity index (χ0v) is 14.5. The summed E-state index contributed by atoms with van der Waals surface area (Å²) in [4.78, 5) is 16.6. The van der Waals surface area contributed by atoms with Crippen LogP contribution in [-0.2, 0) is 0 Å². The van der Waals surface area contributed by atoms with E-state index in [9.17, 15) is 4.79 Å². The number of benzene rings is 2. The fraction of sp³-hybridized carbons (Fsp3) is 0.136. The van der Waals surface area contributed by atoms with E-state index in [1.165, 1.54) is 0 Å². The summed E-state index contributed by atoms with van der Waals surface area (Å²) in [5.74, 6) is 0.838. The molecule has 130 valence electrons. The smallest absolute Gasteiger partial charge is 0.186 e. The average Bonchev–Trinajstić information content (AvgIpc) is 3.36. The zero-order valence-electron chi connectivity index (χ0n) is 14.5. The second-order valence-corrected chi connectivity index (χ2v) is 6.36. The molecule has 0 bridgehead atoms. The summed E-state index contributed by atoms with van der Waals surface area (Å²) < 4.78 is 5.49. The second kappa shape index (κ2) is 7.02. The van der Waals surface area contributed by atoms with Gasteiger partial charge in [0.05, 0.1) is 18.3 Å². The number of hydrogen-bond donors (Lipinski definition) is 2. The first-order valence-corrected chi connectivity index (χ1v) is 8.69. The van der Waals surface area contributed by atoms with Crippen LogP contribution in [-0.4, -0.2) is 10.8 Å². The fourth-order valence-corrected chi connectivity index (χ4v) is 3.27. The predicted molar refractivity (Wildman–Crippen MR) is 102 cm³/mol. The molecule has 2 heterocycles. The molecule has 0 amide bonds. The molecule has 2 aromatic carbocycles. The number of hydrogen-bond acceptors (Lipinski definition) is 3. The molecule has 0 unspecified atom stereocenters. The molecule has 0 saturated heterocycles. The van der Waals surface area contributed by atoms with Crippen LogP contribution in [0.2, 0.25) is 0 Å². The Labute approximate surface area is 151 Å². The lowest BCUT2D eigenvalue weighted by atomic mass is 9.96. The molecule has 2 N–H and O–H groups in total. The maximum atomic E-state index is 13.4. The van der Waals surface area contributed by atoms with Crippen molar-refractivity contribution in [1.82, 2.24) is 10.3 Å². The average molecular weight is 344 g/mol. The Morgan fingerprint density at radius 2 is 1.77 bits per heavy atom. The third-order valence-electron chi connectivity index (χ3n) is 4.64. The van der Waals surface area contributed by atoms with Gasteiger partial charge in [0.1, 0.15) is 5.76 Å². The van der Waals surface area contributed by atoms with E-state index in [0.717, 1.165) is 22.2 Å². The first-order chi connectivity index (χ1) is 12.7. The summed E-state index contributed by atoms with van der Waals surface area (Å²) in [6.45, 7) is 2.00. The number of fused-ring (bicyclic) bond motifs is 1. The largest absolute Gasteiger partial charge is 0.468 e. The molecule has 4 nitrogen and oxygen atoms in total. The van der Waals surface area contributed by atoms with Gasteiger partial charge in [-0.05, 0) is 30.7 Å². The van der Waals surface area contributed by atoms with E-state index in [1.807, 2.05) is 73.7 Å². The fourth-order valence-electron chi connectivity index (χ4n) is 3.27. The number of Topliss-reactive ketones (excluding diaryl/α,β-unsaturated/α-hetero) is 1. The predicted octanol–water partition coefficient (Wildman–Crippen LogP) is 5.04. The van der Waals surface area contributed by atoms with E-state index in [1.54, 1.807) is 12.5 Å². The summed E-state index contributed by atoms with van der Waals surface area (Å²) in [6.07, 6.45) is 3.44. The first kappa shape index (κ1) is 16.4. The number of carbonyl (C=O) groups excluding carboxylic acids is 1. The van der Waals surface area contributed by atoms with E-state index < -0.39 is 6.04 Å². The van der Waals surface area contributed by atoms with Gasteiger partial charge in [0, 0.05) is 22.7 Å². The monoisotopic (exact) mass is 344 g/mol. The van der Waals surface area contributed by atoms with Crippen molar-refractivity contribution in [2.45, 2.75) is 19.0 Å². The molecule has 0 radical (unpaired) electrons.